The summed E-state index contributed by atoms with van der Waals surface area (Å²) in [6.07, 6.45) is 5.86. The summed E-state index contributed by atoms with van der Waals surface area (Å²) in [6, 6.07) is 4.50. The van der Waals surface area contributed by atoms with Crippen molar-refractivity contribution in [2.45, 2.75) is 38.5 Å². The second kappa shape index (κ2) is 7.53. The van der Waals surface area contributed by atoms with Gasteiger partial charge in [-0.15, -0.1) is 21.5 Å². The first kappa shape index (κ1) is 17.1. The van der Waals surface area contributed by atoms with Crippen LogP contribution < -0.4 is 0 Å². The summed E-state index contributed by atoms with van der Waals surface area (Å²) in [5.41, 5.74) is 0.0628. The Labute approximate surface area is 153 Å². The van der Waals surface area contributed by atoms with Gasteiger partial charge in [0.15, 0.2) is 0 Å². The van der Waals surface area contributed by atoms with E-state index in [0.717, 1.165) is 65.3 Å². The van der Waals surface area contributed by atoms with Gasteiger partial charge in [0.25, 0.3) is 0 Å². The lowest BCUT2D eigenvalue weighted by Crippen LogP contribution is -2.57. The zero-order chi connectivity index (χ0) is 17.1. The molecule has 4 rings (SSSR count). The predicted octanol–water partition coefficient (Wildman–Crippen LogP) is 2.02. The van der Waals surface area contributed by atoms with Crippen LogP contribution in [0.4, 0.5) is 0 Å². The van der Waals surface area contributed by atoms with Crippen molar-refractivity contribution in [1.82, 2.24) is 24.6 Å². The van der Waals surface area contributed by atoms with Crippen LogP contribution in [0.5, 0.6) is 0 Å². The molecule has 4 heterocycles. The quantitative estimate of drug-likeness (QED) is 0.815. The van der Waals surface area contributed by atoms with Gasteiger partial charge >= 0.3 is 0 Å². The zero-order valence-corrected chi connectivity index (χ0v) is 15.7. The van der Waals surface area contributed by atoms with Gasteiger partial charge in [0, 0.05) is 55.6 Å². The van der Waals surface area contributed by atoms with Crippen molar-refractivity contribution in [1.29, 1.82) is 0 Å². The normalized spacial score (nSPS) is 21.8. The number of hydrogen-bond acceptors (Lipinski definition) is 6. The second-order valence-corrected chi connectivity index (χ2v) is 8.67. The SMILES string of the molecule is Cc1ccc(CN2CCC3(CC2)CN(CCn2cnnc2)CCO3)s1. The van der Waals surface area contributed by atoms with E-state index >= 15 is 0 Å². The molecule has 0 N–H and O–H groups in total. The number of aromatic nitrogens is 3. The van der Waals surface area contributed by atoms with Crippen LogP contribution in [0.1, 0.15) is 22.6 Å². The van der Waals surface area contributed by atoms with Gasteiger partial charge in [-0.05, 0) is 31.9 Å². The summed E-state index contributed by atoms with van der Waals surface area (Å²) >= 11 is 1.92. The smallest absolute Gasteiger partial charge is 0.119 e. The molecule has 0 atom stereocenters. The first-order chi connectivity index (χ1) is 12.2. The zero-order valence-electron chi connectivity index (χ0n) is 14.9. The largest absolute Gasteiger partial charge is 0.372 e. The van der Waals surface area contributed by atoms with Crippen LogP contribution in [0.2, 0.25) is 0 Å². The first-order valence-corrected chi connectivity index (χ1v) is 9.99. The maximum Gasteiger partial charge on any atom is 0.119 e. The van der Waals surface area contributed by atoms with E-state index in [9.17, 15) is 0 Å². The predicted molar refractivity (Wildman–Crippen MR) is 98.7 cm³/mol. The van der Waals surface area contributed by atoms with Crippen LogP contribution in [-0.4, -0.2) is 69.5 Å². The molecule has 0 unspecified atom stereocenters. The Hall–Kier alpha value is -1.28. The van der Waals surface area contributed by atoms with Crippen LogP contribution in [0.15, 0.2) is 24.8 Å². The van der Waals surface area contributed by atoms with Gasteiger partial charge in [0.2, 0.25) is 0 Å². The molecule has 136 valence electrons. The minimum atomic E-state index is 0.0628. The summed E-state index contributed by atoms with van der Waals surface area (Å²) < 4.78 is 8.33. The number of rotatable bonds is 5. The van der Waals surface area contributed by atoms with Gasteiger partial charge in [-0.3, -0.25) is 9.80 Å². The molecule has 0 aliphatic carbocycles. The lowest BCUT2D eigenvalue weighted by molar-refractivity contribution is -0.136. The highest BCUT2D eigenvalue weighted by Crippen LogP contribution is 2.31. The van der Waals surface area contributed by atoms with E-state index in [4.69, 9.17) is 4.74 Å². The van der Waals surface area contributed by atoms with E-state index in [-0.39, 0.29) is 5.60 Å². The molecular formula is C18H27N5OS. The Morgan fingerprint density at radius 1 is 1.08 bits per heavy atom. The highest BCUT2D eigenvalue weighted by molar-refractivity contribution is 7.11. The van der Waals surface area contributed by atoms with Crippen molar-refractivity contribution in [3.63, 3.8) is 0 Å². The lowest BCUT2D eigenvalue weighted by Gasteiger charge is -2.47. The van der Waals surface area contributed by atoms with Gasteiger partial charge in [0.05, 0.1) is 12.2 Å². The molecule has 1 spiro atoms. The summed E-state index contributed by atoms with van der Waals surface area (Å²) in [6.45, 7) is 10.5. The van der Waals surface area contributed by atoms with Crippen LogP contribution in [0, 0.1) is 6.92 Å². The Morgan fingerprint density at radius 3 is 2.60 bits per heavy atom. The van der Waals surface area contributed by atoms with Crippen molar-refractivity contribution < 1.29 is 4.74 Å². The highest BCUT2D eigenvalue weighted by Gasteiger charge is 2.39. The summed E-state index contributed by atoms with van der Waals surface area (Å²) in [4.78, 5) is 8.01. The number of aryl methyl sites for hydroxylation is 1. The van der Waals surface area contributed by atoms with Crippen molar-refractivity contribution in [3.05, 3.63) is 34.5 Å². The fourth-order valence-electron chi connectivity index (χ4n) is 3.92. The molecule has 2 aromatic heterocycles. The monoisotopic (exact) mass is 361 g/mol. The Balaban J connectivity index is 1.27. The minimum absolute atomic E-state index is 0.0628. The molecule has 25 heavy (non-hydrogen) atoms. The maximum absolute atomic E-state index is 6.28. The van der Waals surface area contributed by atoms with Crippen LogP contribution in [-0.2, 0) is 17.8 Å². The van der Waals surface area contributed by atoms with Crippen molar-refractivity contribution in [2.75, 3.05) is 39.3 Å². The Bertz CT molecular complexity index is 663. The molecule has 2 aliphatic rings. The molecule has 2 saturated heterocycles. The standard InChI is InChI=1S/C18H27N5OS/c1-16-2-3-17(25-16)12-21-6-4-18(5-7-21)13-22(10-11-24-18)8-9-23-14-19-20-15-23/h2-3,14-15H,4-13H2,1H3. The number of nitrogens with zero attached hydrogens (tertiary/aromatic N) is 5. The van der Waals surface area contributed by atoms with Crippen LogP contribution in [0.25, 0.3) is 0 Å². The molecule has 2 aromatic rings. The highest BCUT2D eigenvalue weighted by atomic mass is 32.1. The molecule has 2 aliphatic heterocycles. The summed E-state index contributed by atoms with van der Waals surface area (Å²) in [5.74, 6) is 0. The van der Waals surface area contributed by atoms with Crippen molar-refractivity contribution >= 4 is 11.3 Å². The Morgan fingerprint density at radius 2 is 1.88 bits per heavy atom. The topological polar surface area (TPSA) is 46.4 Å². The third-order valence-corrected chi connectivity index (χ3v) is 6.40. The van der Waals surface area contributed by atoms with Gasteiger partial charge in [-0.25, -0.2) is 0 Å². The van der Waals surface area contributed by atoms with E-state index in [0.29, 0.717) is 0 Å². The van der Waals surface area contributed by atoms with E-state index in [1.165, 1.54) is 9.75 Å². The van der Waals surface area contributed by atoms with Gasteiger partial charge in [-0.1, -0.05) is 0 Å². The number of likely N-dealkylation sites (tertiary alicyclic amines) is 1. The van der Waals surface area contributed by atoms with E-state index < -0.39 is 0 Å². The molecule has 0 saturated carbocycles. The lowest BCUT2D eigenvalue weighted by atomic mass is 9.89. The number of thiophene rings is 1. The Kier molecular flexibility index (Phi) is 5.17. The van der Waals surface area contributed by atoms with Crippen LogP contribution >= 0.6 is 11.3 Å². The molecular weight excluding hydrogens is 334 g/mol. The van der Waals surface area contributed by atoms with Gasteiger partial charge < -0.3 is 9.30 Å². The molecule has 0 amide bonds. The average Bonchev–Trinajstić information content (AvgIpc) is 3.27. The molecule has 0 bridgehead atoms. The van der Waals surface area contributed by atoms with Crippen LogP contribution in [0.3, 0.4) is 0 Å². The van der Waals surface area contributed by atoms with Gasteiger partial charge in [0.1, 0.15) is 12.7 Å². The number of piperidine rings is 1. The van der Waals surface area contributed by atoms with E-state index in [2.05, 4.69) is 39.1 Å². The summed E-state index contributed by atoms with van der Waals surface area (Å²) in [5, 5.41) is 7.76. The maximum atomic E-state index is 6.28. The number of ether oxygens (including phenoxy) is 1. The van der Waals surface area contributed by atoms with Crippen molar-refractivity contribution in [3.8, 4) is 0 Å². The molecule has 6 nitrogen and oxygen atoms in total. The fourth-order valence-corrected chi connectivity index (χ4v) is 4.85. The number of morpholine rings is 1. The molecule has 0 radical (unpaired) electrons. The van der Waals surface area contributed by atoms with Gasteiger partial charge in [-0.2, -0.15) is 0 Å². The third-order valence-electron chi connectivity index (χ3n) is 5.41. The van der Waals surface area contributed by atoms with Crippen molar-refractivity contribution in [2.24, 2.45) is 0 Å². The van der Waals surface area contributed by atoms with E-state index in [1.54, 1.807) is 12.7 Å². The first-order valence-electron chi connectivity index (χ1n) is 9.17. The molecule has 2 fully saturated rings. The minimum Gasteiger partial charge on any atom is -0.372 e. The average molecular weight is 362 g/mol. The second-order valence-electron chi connectivity index (χ2n) is 7.30. The van der Waals surface area contributed by atoms with E-state index in [1.807, 2.05) is 15.9 Å². The molecule has 7 heteroatoms. The third kappa shape index (κ3) is 4.28. The summed E-state index contributed by atoms with van der Waals surface area (Å²) in [7, 11) is 0. The number of hydrogen-bond donors (Lipinski definition) is 0. The molecule has 0 aromatic carbocycles. The fraction of sp³-hybridized carbons (Fsp3) is 0.667.